The van der Waals surface area contributed by atoms with E-state index in [-0.39, 0.29) is 0 Å². The summed E-state index contributed by atoms with van der Waals surface area (Å²) in [6.07, 6.45) is 0. The lowest BCUT2D eigenvalue weighted by atomic mass is 10.3. The van der Waals surface area contributed by atoms with Crippen LogP contribution in [0, 0.1) is 6.92 Å². The number of nitrogens with zero attached hydrogens (tertiary/aromatic N) is 1. The maximum Gasteiger partial charge on any atom is 0.272 e. The average Bonchev–Trinajstić information content (AvgIpc) is 2.85. The van der Waals surface area contributed by atoms with Crippen molar-refractivity contribution in [3.05, 3.63) is 40.9 Å². The van der Waals surface area contributed by atoms with Gasteiger partial charge < -0.3 is 5.32 Å². The summed E-state index contributed by atoms with van der Waals surface area (Å²) in [5, 5.41) is 5.01. The molecule has 2 N–H and O–H groups in total. The van der Waals surface area contributed by atoms with Gasteiger partial charge in [0, 0.05) is 12.2 Å². The van der Waals surface area contributed by atoms with Crippen molar-refractivity contribution < 1.29 is 8.42 Å². The average molecular weight is 311 g/mol. The molecule has 0 saturated heterocycles. The molecule has 0 bridgehead atoms. The van der Waals surface area contributed by atoms with Crippen LogP contribution in [0.15, 0.2) is 33.9 Å². The second kappa shape index (κ2) is 6.34. The zero-order valence-corrected chi connectivity index (χ0v) is 13.0. The molecule has 2 aromatic rings. The molecule has 0 unspecified atom stereocenters. The minimum absolute atomic E-state index is 0.300. The summed E-state index contributed by atoms with van der Waals surface area (Å²) in [7, 11) is -3.56. The highest BCUT2D eigenvalue weighted by Crippen LogP contribution is 2.22. The van der Waals surface area contributed by atoms with Crippen LogP contribution in [0.5, 0.6) is 0 Å². The van der Waals surface area contributed by atoms with E-state index in [1.165, 1.54) is 11.3 Å². The van der Waals surface area contributed by atoms with Crippen molar-refractivity contribution in [2.24, 2.45) is 0 Å². The molecule has 0 aliphatic heterocycles. The molecule has 20 heavy (non-hydrogen) atoms. The van der Waals surface area contributed by atoms with Gasteiger partial charge in [-0.25, -0.2) is 13.4 Å². The van der Waals surface area contributed by atoms with Crippen molar-refractivity contribution in [1.82, 2.24) is 10.3 Å². The smallest absolute Gasteiger partial charge is 0.272 e. The lowest BCUT2D eigenvalue weighted by Gasteiger charge is -2.05. The maximum atomic E-state index is 12.2. The Labute approximate surface area is 123 Å². The highest BCUT2D eigenvalue weighted by atomic mass is 32.2. The second-order valence-electron chi connectivity index (χ2n) is 4.32. The van der Waals surface area contributed by atoms with Gasteiger partial charge in [-0.2, -0.15) is 0 Å². The van der Waals surface area contributed by atoms with E-state index >= 15 is 0 Å². The summed E-state index contributed by atoms with van der Waals surface area (Å²) in [6.45, 7) is 5.35. The van der Waals surface area contributed by atoms with Crippen LogP contribution in [0.25, 0.3) is 0 Å². The van der Waals surface area contributed by atoms with Crippen molar-refractivity contribution >= 4 is 27.2 Å². The third kappa shape index (κ3) is 3.78. The van der Waals surface area contributed by atoms with Crippen molar-refractivity contribution in [1.29, 1.82) is 0 Å². The molecule has 0 saturated carbocycles. The number of hydrogen-bond acceptors (Lipinski definition) is 5. The van der Waals surface area contributed by atoms with Crippen LogP contribution >= 0.6 is 11.3 Å². The fraction of sp³-hybridized carbons (Fsp3) is 0.308. The maximum absolute atomic E-state index is 12.2. The minimum atomic E-state index is -3.56. The molecular weight excluding hydrogens is 294 g/mol. The first-order chi connectivity index (χ1) is 9.51. The first-order valence-corrected chi connectivity index (χ1v) is 8.62. The Bertz CT molecular complexity index is 680. The molecular formula is C13H17N3O2S2. The van der Waals surface area contributed by atoms with Crippen LogP contribution in [0.3, 0.4) is 0 Å². The van der Waals surface area contributed by atoms with Crippen molar-refractivity contribution in [2.45, 2.75) is 24.6 Å². The van der Waals surface area contributed by atoms with E-state index in [2.05, 4.69) is 15.0 Å². The third-order valence-corrected chi connectivity index (χ3v) is 5.44. The molecule has 2 heterocycles. The normalized spacial score (nSPS) is 11.5. The summed E-state index contributed by atoms with van der Waals surface area (Å²) in [6, 6.07) is 6.91. The number of rotatable bonds is 6. The summed E-state index contributed by atoms with van der Waals surface area (Å²) in [5.74, 6) is 0.339. The summed E-state index contributed by atoms with van der Waals surface area (Å²) < 4.78 is 27.3. The van der Waals surface area contributed by atoms with Gasteiger partial charge in [0.15, 0.2) is 0 Å². The van der Waals surface area contributed by atoms with Gasteiger partial charge in [0.2, 0.25) is 0 Å². The van der Waals surface area contributed by atoms with Gasteiger partial charge in [0.05, 0.1) is 0 Å². The molecule has 0 aliphatic rings. The summed E-state index contributed by atoms with van der Waals surface area (Å²) in [5.41, 5.74) is 1.73. The van der Waals surface area contributed by atoms with E-state index in [1.807, 2.05) is 25.3 Å². The Balaban J connectivity index is 2.16. The first kappa shape index (κ1) is 15.0. The number of aryl methyl sites for hydroxylation is 1. The van der Waals surface area contributed by atoms with Crippen LogP contribution in [0.4, 0.5) is 5.82 Å². The Morgan fingerprint density at radius 3 is 2.85 bits per heavy atom. The molecule has 7 heteroatoms. The number of sulfonamides is 1. The van der Waals surface area contributed by atoms with Crippen LogP contribution in [0.2, 0.25) is 0 Å². The van der Waals surface area contributed by atoms with Crippen molar-refractivity contribution in [3.63, 3.8) is 0 Å². The molecule has 0 radical (unpaired) electrons. The topological polar surface area (TPSA) is 71.1 Å². The number of nitrogens with one attached hydrogen (secondary N) is 2. The number of pyridine rings is 1. The Morgan fingerprint density at radius 1 is 1.35 bits per heavy atom. The molecule has 2 aromatic heterocycles. The highest BCUT2D eigenvalue weighted by molar-refractivity contribution is 7.94. The van der Waals surface area contributed by atoms with Crippen LogP contribution in [-0.4, -0.2) is 19.9 Å². The number of thiophene rings is 1. The van der Waals surface area contributed by atoms with E-state index < -0.39 is 10.0 Å². The molecule has 2 rings (SSSR count). The molecule has 0 spiro atoms. The van der Waals surface area contributed by atoms with Gasteiger partial charge in [-0.3, -0.25) is 4.72 Å². The van der Waals surface area contributed by atoms with Gasteiger partial charge in [0.1, 0.15) is 10.0 Å². The lowest BCUT2D eigenvalue weighted by Crippen LogP contribution is -2.13. The number of anilines is 1. The Kier molecular flexibility index (Phi) is 4.74. The molecule has 0 fully saturated rings. The molecule has 108 valence electrons. The summed E-state index contributed by atoms with van der Waals surface area (Å²) in [4.78, 5) is 4.14. The SMILES string of the molecule is CCNCc1csc(S(=O)(=O)Nc2cccc(C)n2)c1. The predicted molar refractivity (Wildman–Crippen MR) is 81.5 cm³/mol. The molecule has 0 atom stereocenters. The number of hydrogen-bond donors (Lipinski definition) is 2. The first-order valence-electron chi connectivity index (χ1n) is 6.26. The quantitative estimate of drug-likeness (QED) is 0.859. The lowest BCUT2D eigenvalue weighted by molar-refractivity contribution is 0.603. The van der Waals surface area contributed by atoms with Gasteiger partial charge in [0.25, 0.3) is 10.0 Å². The largest absolute Gasteiger partial charge is 0.313 e. The van der Waals surface area contributed by atoms with Crippen LogP contribution < -0.4 is 10.0 Å². The van der Waals surface area contributed by atoms with Crippen molar-refractivity contribution in [2.75, 3.05) is 11.3 Å². The van der Waals surface area contributed by atoms with Gasteiger partial charge in [-0.05, 0) is 42.6 Å². The zero-order chi connectivity index (χ0) is 14.6. The van der Waals surface area contributed by atoms with Crippen molar-refractivity contribution in [3.8, 4) is 0 Å². The monoisotopic (exact) mass is 311 g/mol. The fourth-order valence-electron chi connectivity index (χ4n) is 1.64. The fourth-order valence-corrected chi connectivity index (χ4v) is 3.85. The molecule has 0 amide bonds. The van der Waals surface area contributed by atoms with Crippen LogP contribution in [-0.2, 0) is 16.6 Å². The third-order valence-electron chi connectivity index (χ3n) is 2.60. The second-order valence-corrected chi connectivity index (χ2v) is 7.14. The Morgan fingerprint density at radius 2 is 2.15 bits per heavy atom. The van der Waals surface area contributed by atoms with Gasteiger partial charge >= 0.3 is 0 Å². The van der Waals surface area contributed by atoms with E-state index in [0.29, 0.717) is 16.6 Å². The van der Waals surface area contributed by atoms with E-state index in [0.717, 1.165) is 17.8 Å². The standard InChI is InChI=1S/C13H17N3O2S2/c1-3-14-8-11-7-13(19-9-11)20(17,18)16-12-6-4-5-10(2)15-12/h4-7,9,14H,3,8H2,1-2H3,(H,15,16). The van der Waals surface area contributed by atoms with E-state index in [1.54, 1.807) is 18.2 Å². The minimum Gasteiger partial charge on any atom is -0.313 e. The highest BCUT2D eigenvalue weighted by Gasteiger charge is 2.17. The van der Waals surface area contributed by atoms with Crippen LogP contribution in [0.1, 0.15) is 18.2 Å². The molecule has 0 aromatic carbocycles. The predicted octanol–water partition coefficient (Wildman–Crippen LogP) is 2.36. The van der Waals surface area contributed by atoms with Gasteiger partial charge in [-0.1, -0.05) is 13.0 Å². The van der Waals surface area contributed by atoms with Gasteiger partial charge in [-0.15, -0.1) is 11.3 Å². The Hall–Kier alpha value is -1.44. The summed E-state index contributed by atoms with van der Waals surface area (Å²) >= 11 is 1.21. The number of aromatic nitrogens is 1. The van der Waals surface area contributed by atoms with E-state index in [4.69, 9.17) is 0 Å². The zero-order valence-electron chi connectivity index (χ0n) is 11.4. The molecule has 5 nitrogen and oxygen atoms in total. The molecule has 0 aliphatic carbocycles. The van der Waals surface area contributed by atoms with E-state index in [9.17, 15) is 8.42 Å².